The van der Waals surface area contributed by atoms with E-state index in [9.17, 15) is 4.79 Å². The van der Waals surface area contributed by atoms with Gasteiger partial charge in [0.15, 0.2) is 5.13 Å². The van der Waals surface area contributed by atoms with Gasteiger partial charge in [0.2, 0.25) is 0 Å². The molecule has 0 fully saturated rings. The molecule has 0 bridgehead atoms. The van der Waals surface area contributed by atoms with E-state index < -0.39 is 0 Å². The number of rotatable bonds is 7. The number of ether oxygens (including phenoxy) is 1. The predicted molar refractivity (Wildman–Crippen MR) is 115 cm³/mol. The number of thiazole rings is 1. The molecule has 0 saturated heterocycles. The molecule has 27 heavy (non-hydrogen) atoms. The first-order valence-corrected chi connectivity index (χ1v) is 10.6. The minimum Gasteiger partial charge on any atom is -0.494 e. The molecule has 0 spiro atoms. The second-order valence-electron chi connectivity index (χ2n) is 6.29. The molecule has 1 amide bonds. The Morgan fingerprint density at radius 1 is 1.15 bits per heavy atom. The highest BCUT2D eigenvalue weighted by atomic mass is 32.2. The van der Waals surface area contributed by atoms with Crippen LogP contribution in [0.3, 0.4) is 0 Å². The third kappa shape index (κ3) is 4.43. The van der Waals surface area contributed by atoms with Gasteiger partial charge in [-0.2, -0.15) is 0 Å². The molecule has 7 heteroatoms. The molecular weight excluding hydrogens is 378 g/mol. The number of fused-ring (bicyclic) bond motifs is 1. The number of aromatic nitrogens is 1. The third-order valence-corrected chi connectivity index (χ3v) is 5.96. The summed E-state index contributed by atoms with van der Waals surface area (Å²) in [6.45, 7) is 1.32. The van der Waals surface area contributed by atoms with Gasteiger partial charge in [0.05, 0.1) is 11.8 Å². The summed E-state index contributed by atoms with van der Waals surface area (Å²) in [5.74, 6) is 0.682. The van der Waals surface area contributed by atoms with Crippen molar-refractivity contribution in [1.29, 1.82) is 0 Å². The van der Waals surface area contributed by atoms with Crippen molar-refractivity contribution in [2.75, 3.05) is 45.5 Å². The number of thioether (sulfide) groups is 1. The molecular formula is C20H23N3O2S2. The van der Waals surface area contributed by atoms with Gasteiger partial charge >= 0.3 is 0 Å². The van der Waals surface area contributed by atoms with Crippen LogP contribution in [-0.4, -0.2) is 56.3 Å². The van der Waals surface area contributed by atoms with Crippen molar-refractivity contribution in [2.24, 2.45) is 0 Å². The van der Waals surface area contributed by atoms with Gasteiger partial charge in [-0.3, -0.25) is 9.69 Å². The van der Waals surface area contributed by atoms with Crippen LogP contribution in [-0.2, 0) is 0 Å². The SMILES string of the molecule is COc1cccc2sc(N(CCN(C)C)C(=O)c3ccc(SC)cc3)nc12. The van der Waals surface area contributed by atoms with Gasteiger partial charge in [0.25, 0.3) is 5.91 Å². The van der Waals surface area contributed by atoms with Gasteiger partial charge in [0.1, 0.15) is 11.3 Å². The molecule has 0 saturated carbocycles. The third-order valence-electron chi connectivity index (χ3n) is 4.17. The molecule has 0 N–H and O–H groups in total. The lowest BCUT2D eigenvalue weighted by atomic mass is 10.2. The van der Waals surface area contributed by atoms with Crippen LogP contribution in [0.25, 0.3) is 10.2 Å². The minimum absolute atomic E-state index is 0.0393. The Hall–Kier alpha value is -2.09. The van der Waals surface area contributed by atoms with Crippen molar-refractivity contribution >= 4 is 44.4 Å². The maximum Gasteiger partial charge on any atom is 0.260 e. The van der Waals surface area contributed by atoms with Crippen molar-refractivity contribution in [1.82, 2.24) is 9.88 Å². The molecule has 0 aliphatic carbocycles. The Morgan fingerprint density at radius 3 is 2.52 bits per heavy atom. The lowest BCUT2D eigenvalue weighted by Gasteiger charge is -2.22. The largest absolute Gasteiger partial charge is 0.494 e. The number of methoxy groups -OCH3 is 1. The van der Waals surface area contributed by atoms with E-state index in [1.54, 1.807) is 23.8 Å². The number of para-hydroxylation sites is 1. The van der Waals surface area contributed by atoms with Crippen LogP contribution in [0.4, 0.5) is 5.13 Å². The number of amides is 1. The lowest BCUT2D eigenvalue weighted by Crippen LogP contribution is -2.36. The minimum atomic E-state index is -0.0393. The molecule has 0 unspecified atom stereocenters. The fourth-order valence-corrected chi connectivity index (χ4v) is 4.08. The zero-order valence-electron chi connectivity index (χ0n) is 15.9. The molecule has 0 aliphatic heterocycles. The molecule has 142 valence electrons. The molecule has 1 aromatic heterocycles. The summed E-state index contributed by atoms with van der Waals surface area (Å²) >= 11 is 3.17. The van der Waals surface area contributed by atoms with Crippen molar-refractivity contribution < 1.29 is 9.53 Å². The highest BCUT2D eigenvalue weighted by Gasteiger charge is 2.22. The first-order chi connectivity index (χ1) is 13.0. The fraction of sp³-hybridized carbons (Fsp3) is 0.300. The van der Waals surface area contributed by atoms with E-state index in [0.717, 1.165) is 27.4 Å². The Bertz CT molecular complexity index is 923. The predicted octanol–water partition coefficient (Wildman–Crippen LogP) is 4.24. The Kier molecular flexibility index (Phi) is 6.36. The van der Waals surface area contributed by atoms with Crippen LogP contribution in [0.15, 0.2) is 47.4 Å². The summed E-state index contributed by atoms with van der Waals surface area (Å²) in [5, 5.41) is 0.690. The highest BCUT2D eigenvalue weighted by Crippen LogP contribution is 2.34. The second kappa shape index (κ2) is 8.73. The van der Waals surface area contributed by atoms with Crippen LogP contribution in [0.2, 0.25) is 0 Å². The molecule has 3 aromatic rings. The van der Waals surface area contributed by atoms with Crippen molar-refractivity contribution in [3.8, 4) is 5.75 Å². The van der Waals surface area contributed by atoms with E-state index in [0.29, 0.717) is 17.2 Å². The molecule has 3 rings (SSSR count). The number of nitrogens with zero attached hydrogens (tertiary/aromatic N) is 3. The van der Waals surface area contributed by atoms with Crippen LogP contribution in [0.5, 0.6) is 5.75 Å². The molecule has 5 nitrogen and oxygen atoms in total. The van der Waals surface area contributed by atoms with E-state index in [1.165, 1.54) is 11.3 Å². The fourth-order valence-electron chi connectivity index (χ4n) is 2.67. The number of carbonyl (C=O) groups is 1. The summed E-state index contributed by atoms with van der Waals surface area (Å²) in [7, 11) is 5.63. The van der Waals surface area contributed by atoms with E-state index in [2.05, 4.69) is 4.90 Å². The Labute approximate surface area is 168 Å². The van der Waals surface area contributed by atoms with E-state index in [4.69, 9.17) is 9.72 Å². The molecule has 2 aromatic carbocycles. The van der Waals surface area contributed by atoms with Crippen molar-refractivity contribution in [3.63, 3.8) is 0 Å². The number of hydrogen-bond acceptors (Lipinski definition) is 6. The number of benzene rings is 2. The Morgan fingerprint density at radius 2 is 1.89 bits per heavy atom. The molecule has 0 aliphatic rings. The molecule has 0 radical (unpaired) electrons. The van der Waals surface area contributed by atoms with Crippen molar-refractivity contribution in [3.05, 3.63) is 48.0 Å². The van der Waals surface area contributed by atoms with Crippen LogP contribution < -0.4 is 9.64 Å². The highest BCUT2D eigenvalue weighted by molar-refractivity contribution is 7.98. The number of anilines is 1. The van der Waals surface area contributed by atoms with Gasteiger partial charge in [-0.15, -0.1) is 11.8 Å². The quantitative estimate of drug-likeness (QED) is 0.554. The normalized spacial score (nSPS) is 11.1. The topological polar surface area (TPSA) is 45.7 Å². The molecule has 1 heterocycles. The van der Waals surface area contributed by atoms with Crippen molar-refractivity contribution in [2.45, 2.75) is 4.90 Å². The summed E-state index contributed by atoms with van der Waals surface area (Å²) in [6, 6.07) is 13.5. The zero-order valence-corrected chi connectivity index (χ0v) is 17.6. The van der Waals surface area contributed by atoms with Crippen LogP contribution in [0, 0.1) is 0 Å². The lowest BCUT2D eigenvalue weighted by molar-refractivity contribution is 0.0985. The van der Waals surface area contributed by atoms with Gasteiger partial charge < -0.3 is 9.64 Å². The van der Waals surface area contributed by atoms with Crippen LogP contribution in [0.1, 0.15) is 10.4 Å². The monoisotopic (exact) mass is 401 g/mol. The molecule has 0 atom stereocenters. The summed E-state index contributed by atoms with van der Waals surface area (Å²) in [4.78, 5) is 22.9. The number of carbonyl (C=O) groups excluding carboxylic acids is 1. The first-order valence-electron chi connectivity index (χ1n) is 8.57. The second-order valence-corrected chi connectivity index (χ2v) is 8.18. The average Bonchev–Trinajstić information content (AvgIpc) is 3.11. The van der Waals surface area contributed by atoms with E-state index in [-0.39, 0.29) is 5.91 Å². The average molecular weight is 402 g/mol. The van der Waals surface area contributed by atoms with E-state index in [1.807, 2.05) is 62.8 Å². The smallest absolute Gasteiger partial charge is 0.260 e. The van der Waals surface area contributed by atoms with Gasteiger partial charge in [-0.25, -0.2) is 4.98 Å². The number of hydrogen-bond donors (Lipinski definition) is 0. The van der Waals surface area contributed by atoms with Gasteiger partial charge in [0, 0.05) is 23.5 Å². The summed E-state index contributed by atoms with van der Waals surface area (Å²) in [6.07, 6.45) is 2.02. The van der Waals surface area contributed by atoms with Crippen LogP contribution >= 0.6 is 23.1 Å². The maximum absolute atomic E-state index is 13.2. The maximum atomic E-state index is 13.2. The zero-order chi connectivity index (χ0) is 19.4. The Balaban J connectivity index is 1.98. The van der Waals surface area contributed by atoms with Gasteiger partial charge in [-0.05, 0) is 56.7 Å². The van der Waals surface area contributed by atoms with E-state index >= 15 is 0 Å². The summed E-state index contributed by atoms with van der Waals surface area (Å²) < 4.78 is 6.42. The standard InChI is InChI=1S/C20H23N3O2S2/c1-22(2)12-13-23(19(24)14-8-10-15(26-4)11-9-14)20-21-18-16(25-3)6-5-7-17(18)27-20/h5-11H,12-13H2,1-4H3. The number of likely N-dealkylation sites (N-methyl/N-ethyl adjacent to an activating group) is 1. The van der Waals surface area contributed by atoms with Gasteiger partial charge in [-0.1, -0.05) is 17.4 Å². The summed E-state index contributed by atoms with van der Waals surface area (Å²) in [5.41, 5.74) is 1.46. The first kappa shape index (κ1) is 19.7.